The van der Waals surface area contributed by atoms with E-state index in [1.54, 1.807) is 12.1 Å². The highest BCUT2D eigenvalue weighted by Crippen LogP contribution is 2.42. The number of hydrogen-bond donors (Lipinski definition) is 1. The van der Waals surface area contributed by atoms with Gasteiger partial charge in [0.1, 0.15) is 6.10 Å². The fourth-order valence-electron chi connectivity index (χ4n) is 2.13. The van der Waals surface area contributed by atoms with Gasteiger partial charge >= 0.3 is 0 Å². The molecule has 20 heavy (non-hydrogen) atoms. The molecule has 0 aliphatic heterocycles. The van der Waals surface area contributed by atoms with Crippen molar-refractivity contribution < 1.29 is 9.26 Å². The fourth-order valence-corrected chi connectivity index (χ4v) is 2.31. The van der Waals surface area contributed by atoms with Crippen LogP contribution in [0.5, 0.6) is 0 Å². The first-order valence-electron chi connectivity index (χ1n) is 6.69. The van der Waals surface area contributed by atoms with Gasteiger partial charge < -0.3 is 15.0 Å². The molecule has 1 aromatic carbocycles. The summed E-state index contributed by atoms with van der Waals surface area (Å²) >= 11 is 6.00. The summed E-state index contributed by atoms with van der Waals surface area (Å²) in [6.45, 7) is 2.61. The largest absolute Gasteiger partial charge is 0.398 e. The van der Waals surface area contributed by atoms with Crippen LogP contribution in [0.15, 0.2) is 22.7 Å². The van der Waals surface area contributed by atoms with E-state index in [0.29, 0.717) is 34.9 Å². The van der Waals surface area contributed by atoms with Gasteiger partial charge in [0.25, 0.3) is 5.89 Å². The van der Waals surface area contributed by atoms with Crippen molar-refractivity contribution in [2.75, 3.05) is 12.3 Å². The highest BCUT2D eigenvalue weighted by atomic mass is 35.5. The SMILES string of the molecule is CCOC(c1noc(-c2ccc(N)c(Cl)c2)n1)C1CC1. The van der Waals surface area contributed by atoms with E-state index in [1.165, 1.54) is 0 Å². The second kappa shape index (κ2) is 5.42. The number of nitrogen functional groups attached to an aromatic ring is 1. The summed E-state index contributed by atoms with van der Waals surface area (Å²) < 4.78 is 11.0. The standard InChI is InChI=1S/C14H16ClN3O2/c1-2-19-12(8-3-4-8)13-17-14(20-18-13)9-5-6-11(16)10(15)7-9/h5-8,12H,2-4,16H2,1H3. The van der Waals surface area contributed by atoms with Gasteiger partial charge in [-0.3, -0.25) is 0 Å². The number of nitrogens with two attached hydrogens (primary N) is 1. The number of halogens is 1. The molecular formula is C14H16ClN3O2. The van der Waals surface area contributed by atoms with Crippen LogP contribution in [0.2, 0.25) is 5.02 Å². The molecule has 1 fully saturated rings. The molecule has 0 amide bonds. The Morgan fingerprint density at radius 2 is 2.30 bits per heavy atom. The van der Waals surface area contributed by atoms with Crippen LogP contribution >= 0.6 is 11.6 Å². The molecule has 0 spiro atoms. The van der Waals surface area contributed by atoms with E-state index in [-0.39, 0.29) is 6.10 Å². The van der Waals surface area contributed by atoms with Crippen LogP contribution in [0.3, 0.4) is 0 Å². The minimum atomic E-state index is -0.0678. The molecule has 3 rings (SSSR count). The average Bonchev–Trinajstić information content (AvgIpc) is 3.16. The number of benzene rings is 1. The molecule has 0 radical (unpaired) electrons. The summed E-state index contributed by atoms with van der Waals surface area (Å²) in [5.41, 5.74) is 6.98. The number of hydrogen-bond acceptors (Lipinski definition) is 5. The third-order valence-electron chi connectivity index (χ3n) is 3.34. The zero-order valence-corrected chi connectivity index (χ0v) is 11.9. The van der Waals surface area contributed by atoms with E-state index >= 15 is 0 Å². The molecule has 1 atom stereocenters. The number of nitrogens with zero attached hydrogens (tertiary/aromatic N) is 2. The second-order valence-electron chi connectivity index (χ2n) is 4.91. The maximum absolute atomic E-state index is 6.00. The lowest BCUT2D eigenvalue weighted by molar-refractivity contribution is 0.0385. The lowest BCUT2D eigenvalue weighted by Gasteiger charge is -2.10. The topological polar surface area (TPSA) is 74.2 Å². The Kier molecular flexibility index (Phi) is 3.63. The Morgan fingerprint density at radius 3 is 2.95 bits per heavy atom. The van der Waals surface area contributed by atoms with Gasteiger partial charge in [-0.1, -0.05) is 16.8 Å². The highest BCUT2D eigenvalue weighted by molar-refractivity contribution is 6.33. The number of ether oxygens (including phenoxy) is 1. The van der Waals surface area contributed by atoms with Crippen molar-refractivity contribution in [2.24, 2.45) is 5.92 Å². The number of rotatable bonds is 5. The zero-order chi connectivity index (χ0) is 14.1. The number of aromatic nitrogens is 2. The smallest absolute Gasteiger partial charge is 0.258 e. The Morgan fingerprint density at radius 1 is 1.50 bits per heavy atom. The van der Waals surface area contributed by atoms with E-state index in [9.17, 15) is 0 Å². The summed E-state index contributed by atoms with van der Waals surface area (Å²) in [6, 6.07) is 5.26. The normalized spacial score (nSPS) is 16.3. The third-order valence-corrected chi connectivity index (χ3v) is 3.67. The first-order chi connectivity index (χ1) is 9.69. The van der Waals surface area contributed by atoms with Crippen LogP contribution in [-0.4, -0.2) is 16.7 Å². The van der Waals surface area contributed by atoms with Crippen molar-refractivity contribution in [3.63, 3.8) is 0 Å². The summed E-state index contributed by atoms with van der Waals surface area (Å²) in [4.78, 5) is 4.43. The second-order valence-corrected chi connectivity index (χ2v) is 5.31. The molecule has 6 heteroatoms. The molecule has 1 unspecified atom stereocenters. The predicted molar refractivity (Wildman–Crippen MR) is 76.2 cm³/mol. The van der Waals surface area contributed by atoms with E-state index in [4.69, 9.17) is 26.6 Å². The molecule has 2 N–H and O–H groups in total. The highest BCUT2D eigenvalue weighted by Gasteiger charge is 2.36. The van der Waals surface area contributed by atoms with E-state index in [1.807, 2.05) is 13.0 Å². The van der Waals surface area contributed by atoms with Crippen molar-refractivity contribution in [3.8, 4) is 11.5 Å². The van der Waals surface area contributed by atoms with E-state index in [2.05, 4.69) is 10.1 Å². The Bertz CT molecular complexity index is 610. The first-order valence-corrected chi connectivity index (χ1v) is 7.07. The first kappa shape index (κ1) is 13.4. The fraction of sp³-hybridized carbons (Fsp3) is 0.429. The van der Waals surface area contributed by atoms with Gasteiger partial charge in [0.2, 0.25) is 5.82 Å². The van der Waals surface area contributed by atoms with E-state index < -0.39 is 0 Å². The van der Waals surface area contributed by atoms with E-state index in [0.717, 1.165) is 18.4 Å². The van der Waals surface area contributed by atoms with Crippen LogP contribution in [-0.2, 0) is 4.74 Å². The van der Waals surface area contributed by atoms with Crippen LogP contribution < -0.4 is 5.73 Å². The molecule has 1 aromatic heterocycles. The summed E-state index contributed by atoms with van der Waals surface area (Å²) in [7, 11) is 0. The third kappa shape index (κ3) is 2.64. The maximum Gasteiger partial charge on any atom is 0.258 e. The molecule has 0 saturated heterocycles. The average molecular weight is 294 g/mol. The van der Waals surface area contributed by atoms with Gasteiger partial charge in [0, 0.05) is 12.2 Å². The van der Waals surface area contributed by atoms with Crippen LogP contribution in [0, 0.1) is 5.92 Å². The molecule has 5 nitrogen and oxygen atoms in total. The van der Waals surface area contributed by atoms with Crippen molar-refractivity contribution in [1.82, 2.24) is 10.1 Å². The minimum absolute atomic E-state index is 0.0678. The summed E-state index contributed by atoms with van der Waals surface area (Å²) in [5, 5.41) is 4.52. The van der Waals surface area contributed by atoms with Gasteiger partial charge in [0.05, 0.1) is 10.7 Å². The lowest BCUT2D eigenvalue weighted by Crippen LogP contribution is -2.08. The Hall–Kier alpha value is -1.59. The molecule has 1 saturated carbocycles. The van der Waals surface area contributed by atoms with Gasteiger partial charge in [-0.15, -0.1) is 0 Å². The molecule has 106 valence electrons. The molecule has 1 heterocycles. The van der Waals surface area contributed by atoms with Gasteiger partial charge in [0.15, 0.2) is 0 Å². The van der Waals surface area contributed by atoms with Crippen molar-refractivity contribution in [2.45, 2.75) is 25.9 Å². The van der Waals surface area contributed by atoms with Crippen LogP contribution in [0.4, 0.5) is 5.69 Å². The van der Waals surface area contributed by atoms with Crippen LogP contribution in [0.1, 0.15) is 31.7 Å². The van der Waals surface area contributed by atoms with Gasteiger partial charge in [-0.2, -0.15) is 4.98 Å². The molecule has 0 bridgehead atoms. The predicted octanol–water partition coefficient (Wildman–Crippen LogP) is 3.46. The van der Waals surface area contributed by atoms with Crippen molar-refractivity contribution in [1.29, 1.82) is 0 Å². The quantitative estimate of drug-likeness (QED) is 0.855. The summed E-state index contributed by atoms with van der Waals surface area (Å²) in [6.07, 6.45) is 2.24. The molecule has 1 aliphatic carbocycles. The zero-order valence-electron chi connectivity index (χ0n) is 11.2. The van der Waals surface area contributed by atoms with Gasteiger partial charge in [-0.05, 0) is 43.9 Å². The minimum Gasteiger partial charge on any atom is -0.398 e. The maximum atomic E-state index is 6.00. The van der Waals surface area contributed by atoms with Gasteiger partial charge in [-0.25, -0.2) is 0 Å². The van der Waals surface area contributed by atoms with Crippen molar-refractivity contribution in [3.05, 3.63) is 29.0 Å². The van der Waals surface area contributed by atoms with Crippen LogP contribution in [0.25, 0.3) is 11.5 Å². The Balaban J connectivity index is 1.86. The lowest BCUT2D eigenvalue weighted by atomic mass is 10.2. The molecule has 2 aromatic rings. The Labute approximate surface area is 122 Å². The summed E-state index contributed by atoms with van der Waals surface area (Å²) in [5.74, 6) is 1.56. The molecular weight excluding hydrogens is 278 g/mol. The monoisotopic (exact) mass is 293 g/mol. The number of anilines is 1. The van der Waals surface area contributed by atoms with Crippen molar-refractivity contribution >= 4 is 17.3 Å². The molecule has 1 aliphatic rings.